The van der Waals surface area contributed by atoms with Crippen molar-refractivity contribution >= 4 is 23.2 Å². The molecule has 2 aromatic rings. The molecule has 0 aliphatic carbocycles. The van der Waals surface area contributed by atoms with Gasteiger partial charge in [-0.25, -0.2) is 10.2 Å². The highest BCUT2D eigenvalue weighted by molar-refractivity contribution is 5.73. The second kappa shape index (κ2) is 9.05. The number of carbonyl (C=O) groups is 1. The molecule has 0 aromatic heterocycles. The van der Waals surface area contributed by atoms with Gasteiger partial charge in [0, 0.05) is 38.8 Å². The molecule has 0 radical (unpaired) electrons. The van der Waals surface area contributed by atoms with E-state index < -0.39 is 6.09 Å². The van der Waals surface area contributed by atoms with Crippen molar-refractivity contribution in [1.29, 1.82) is 0 Å². The Hall–Kier alpha value is -3.33. The molecule has 0 spiro atoms. The van der Waals surface area contributed by atoms with Gasteiger partial charge in [-0.1, -0.05) is 30.3 Å². The second-order valence-corrected chi connectivity index (χ2v) is 6.45. The third kappa shape index (κ3) is 4.89. The molecule has 148 valence electrons. The van der Waals surface area contributed by atoms with Gasteiger partial charge in [0.05, 0.1) is 17.7 Å². The molecule has 9 nitrogen and oxygen atoms in total. The quantitative estimate of drug-likeness (QED) is 0.582. The first-order chi connectivity index (χ1) is 13.6. The molecule has 1 fully saturated rings. The summed E-state index contributed by atoms with van der Waals surface area (Å²) >= 11 is 0. The van der Waals surface area contributed by atoms with Gasteiger partial charge < -0.3 is 9.64 Å². The predicted octanol–water partition coefficient (Wildman–Crippen LogP) is 2.60. The first-order valence-electron chi connectivity index (χ1n) is 8.96. The van der Waals surface area contributed by atoms with Crippen LogP contribution in [0.15, 0.2) is 48.5 Å². The normalized spacial score (nSPS) is 14.4. The molecule has 28 heavy (non-hydrogen) atoms. The van der Waals surface area contributed by atoms with Crippen LogP contribution in [0.5, 0.6) is 0 Å². The van der Waals surface area contributed by atoms with Crippen LogP contribution in [0.4, 0.5) is 21.9 Å². The number of methoxy groups -OCH3 is 1. The molecule has 0 unspecified atom stereocenters. The second-order valence-electron chi connectivity index (χ2n) is 6.45. The summed E-state index contributed by atoms with van der Waals surface area (Å²) in [5.74, 6) is 0. The van der Waals surface area contributed by atoms with E-state index in [0.29, 0.717) is 24.5 Å². The van der Waals surface area contributed by atoms with Crippen LogP contribution in [0.25, 0.3) is 0 Å². The van der Waals surface area contributed by atoms with Crippen LogP contribution in [0.2, 0.25) is 0 Å². The van der Waals surface area contributed by atoms with E-state index in [1.165, 1.54) is 18.7 Å². The molecule has 3 rings (SSSR count). The van der Waals surface area contributed by atoms with E-state index >= 15 is 0 Å². The van der Waals surface area contributed by atoms with Crippen LogP contribution in [0.3, 0.4) is 0 Å². The van der Waals surface area contributed by atoms with E-state index in [2.05, 4.69) is 32.6 Å². The number of nitro groups is 1. The van der Waals surface area contributed by atoms with E-state index in [9.17, 15) is 14.9 Å². The van der Waals surface area contributed by atoms with Crippen molar-refractivity contribution in [3.8, 4) is 0 Å². The summed E-state index contributed by atoms with van der Waals surface area (Å²) in [5.41, 5.74) is 7.41. The van der Waals surface area contributed by atoms with Crippen molar-refractivity contribution in [2.75, 3.05) is 43.6 Å². The average Bonchev–Trinajstić information content (AvgIpc) is 2.73. The maximum Gasteiger partial charge on any atom is 0.425 e. The highest BCUT2D eigenvalue weighted by Gasteiger charge is 2.24. The van der Waals surface area contributed by atoms with Crippen molar-refractivity contribution in [3.63, 3.8) is 0 Å². The number of ether oxygens (including phenoxy) is 1. The van der Waals surface area contributed by atoms with Crippen molar-refractivity contribution < 1.29 is 14.5 Å². The molecule has 9 heteroatoms. The summed E-state index contributed by atoms with van der Waals surface area (Å²) in [7, 11) is 1.26. The van der Waals surface area contributed by atoms with Crippen LogP contribution in [-0.4, -0.2) is 49.2 Å². The van der Waals surface area contributed by atoms with Crippen LogP contribution in [0.1, 0.15) is 5.56 Å². The number of nitro benzene ring substituents is 1. The minimum absolute atomic E-state index is 0.0418. The number of carbonyl (C=O) groups excluding carboxylic acids is 1. The number of hydrazine groups is 1. The molecule has 0 saturated carbocycles. The third-order valence-corrected chi connectivity index (χ3v) is 4.63. The van der Waals surface area contributed by atoms with Crippen LogP contribution in [0, 0.1) is 10.1 Å². The lowest BCUT2D eigenvalue weighted by Crippen LogP contribution is -2.46. The fourth-order valence-corrected chi connectivity index (χ4v) is 3.17. The van der Waals surface area contributed by atoms with Crippen LogP contribution < -0.4 is 15.8 Å². The molecule has 0 bridgehead atoms. The smallest absolute Gasteiger partial charge is 0.425 e. The SMILES string of the molecule is COC(=O)NNc1ccc([N+](=O)[O-])c(N2CCN(Cc3ccccc3)CC2)c1. The summed E-state index contributed by atoms with van der Waals surface area (Å²) in [6.45, 7) is 3.85. The Labute approximate surface area is 163 Å². The molecule has 2 aromatic carbocycles. The number of anilines is 2. The zero-order chi connectivity index (χ0) is 19.9. The number of piperazine rings is 1. The van der Waals surface area contributed by atoms with Gasteiger partial charge in [0.15, 0.2) is 0 Å². The average molecular weight is 385 g/mol. The summed E-state index contributed by atoms with van der Waals surface area (Å²) in [6, 6.07) is 14.9. The molecule has 1 heterocycles. The summed E-state index contributed by atoms with van der Waals surface area (Å²) in [6.07, 6.45) is -0.644. The number of amides is 1. The zero-order valence-electron chi connectivity index (χ0n) is 15.6. The van der Waals surface area contributed by atoms with Crippen LogP contribution in [-0.2, 0) is 11.3 Å². The van der Waals surface area contributed by atoms with Gasteiger partial charge in [-0.15, -0.1) is 0 Å². The van der Waals surface area contributed by atoms with Crippen molar-refractivity contribution in [3.05, 3.63) is 64.2 Å². The highest BCUT2D eigenvalue weighted by Crippen LogP contribution is 2.32. The largest absolute Gasteiger partial charge is 0.452 e. The maximum atomic E-state index is 11.5. The molecule has 2 N–H and O–H groups in total. The Morgan fingerprint density at radius 1 is 1.14 bits per heavy atom. The molecule has 0 atom stereocenters. The molecule has 1 amide bonds. The Kier molecular flexibility index (Phi) is 6.28. The molecule has 1 saturated heterocycles. The van der Waals surface area contributed by atoms with Gasteiger partial charge >= 0.3 is 6.09 Å². The van der Waals surface area contributed by atoms with Gasteiger partial charge in [0.2, 0.25) is 0 Å². The Morgan fingerprint density at radius 2 is 1.86 bits per heavy atom. The Balaban J connectivity index is 1.68. The van der Waals surface area contributed by atoms with Gasteiger partial charge in [-0.3, -0.25) is 20.4 Å². The fourth-order valence-electron chi connectivity index (χ4n) is 3.17. The Morgan fingerprint density at radius 3 is 2.50 bits per heavy atom. The maximum absolute atomic E-state index is 11.5. The Bertz CT molecular complexity index is 822. The van der Waals surface area contributed by atoms with Crippen molar-refractivity contribution in [2.24, 2.45) is 0 Å². The van der Waals surface area contributed by atoms with Crippen LogP contribution >= 0.6 is 0 Å². The fraction of sp³-hybridized carbons (Fsp3) is 0.316. The molecule has 1 aliphatic heterocycles. The molecule has 1 aliphatic rings. The summed E-state index contributed by atoms with van der Waals surface area (Å²) in [4.78, 5) is 26.6. The first-order valence-corrected chi connectivity index (χ1v) is 8.96. The number of rotatable bonds is 6. The van der Waals surface area contributed by atoms with Crippen molar-refractivity contribution in [2.45, 2.75) is 6.54 Å². The number of hydrogen-bond acceptors (Lipinski definition) is 7. The monoisotopic (exact) mass is 385 g/mol. The predicted molar refractivity (Wildman–Crippen MR) is 106 cm³/mol. The van der Waals surface area contributed by atoms with E-state index in [0.717, 1.165) is 19.6 Å². The van der Waals surface area contributed by atoms with E-state index in [1.807, 2.05) is 23.1 Å². The lowest BCUT2D eigenvalue weighted by atomic mass is 10.1. The van der Waals surface area contributed by atoms with Gasteiger partial charge in [0.1, 0.15) is 5.69 Å². The first kappa shape index (κ1) is 19.4. The highest BCUT2D eigenvalue weighted by atomic mass is 16.6. The number of nitrogens with one attached hydrogen (secondary N) is 2. The van der Waals surface area contributed by atoms with E-state index in [1.54, 1.807) is 12.1 Å². The van der Waals surface area contributed by atoms with Gasteiger partial charge in [-0.2, -0.15) is 0 Å². The summed E-state index contributed by atoms with van der Waals surface area (Å²) in [5, 5.41) is 11.5. The molecular formula is C19H23N5O4. The minimum atomic E-state index is -0.644. The minimum Gasteiger partial charge on any atom is -0.452 e. The lowest BCUT2D eigenvalue weighted by Gasteiger charge is -2.36. The lowest BCUT2D eigenvalue weighted by molar-refractivity contribution is -0.384. The van der Waals surface area contributed by atoms with E-state index in [4.69, 9.17) is 0 Å². The number of hydrogen-bond donors (Lipinski definition) is 2. The van der Waals surface area contributed by atoms with Gasteiger partial charge in [-0.05, 0) is 17.7 Å². The number of nitrogens with zero attached hydrogens (tertiary/aromatic N) is 3. The van der Waals surface area contributed by atoms with Crippen molar-refractivity contribution in [1.82, 2.24) is 10.3 Å². The number of benzene rings is 2. The zero-order valence-corrected chi connectivity index (χ0v) is 15.6. The topological polar surface area (TPSA) is 100.0 Å². The molecular weight excluding hydrogens is 362 g/mol. The standard InChI is InChI=1S/C19H23N5O4/c1-28-19(25)21-20-16-7-8-17(24(26)27)18(13-16)23-11-9-22(10-12-23)14-15-5-3-2-4-6-15/h2-8,13,20H,9-12,14H2,1H3,(H,21,25). The van der Waals surface area contributed by atoms with Gasteiger partial charge in [0.25, 0.3) is 5.69 Å². The van der Waals surface area contributed by atoms with E-state index in [-0.39, 0.29) is 10.6 Å². The summed E-state index contributed by atoms with van der Waals surface area (Å²) < 4.78 is 4.50. The third-order valence-electron chi connectivity index (χ3n) is 4.63.